The summed E-state index contributed by atoms with van der Waals surface area (Å²) in [7, 11) is -3.74. The number of aryl methyl sites for hydroxylation is 1. The first-order chi connectivity index (χ1) is 10.4. The number of thiazole rings is 1. The number of hydrogen-bond acceptors (Lipinski definition) is 4. The molecule has 0 aliphatic rings. The Labute approximate surface area is 133 Å². The Hall–Kier alpha value is -1.51. The number of hydrogen-bond donors (Lipinski definition) is 1. The molecule has 2 rings (SSSR count). The van der Waals surface area contributed by atoms with Crippen LogP contribution in [0.4, 0.5) is 0 Å². The summed E-state index contributed by atoms with van der Waals surface area (Å²) in [4.78, 5) is 16.6. The number of aromatic nitrogens is 1. The molecular weight excluding hydrogens is 322 g/mol. The third-order valence-electron chi connectivity index (χ3n) is 3.11. The molecule has 0 radical (unpaired) electrons. The molecule has 120 valence electrons. The number of nitrogens with zero attached hydrogens (tertiary/aromatic N) is 2. The van der Waals surface area contributed by atoms with E-state index in [9.17, 15) is 13.2 Å². The molecule has 0 spiro atoms. The number of carbonyl (C=O) groups is 1. The standard InChI is InChI=1S/C14H19N3O3S2/c1-3-5-13(18)16-14-17(8-4-2)11-7-6-10(22(15,19)20)9-12(11)21-14/h6-7,9H,3-5,8H2,1-2H3,(H2,15,19,20). The van der Waals surface area contributed by atoms with Crippen LogP contribution in [0.1, 0.15) is 33.1 Å². The molecule has 1 aromatic heterocycles. The molecule has 0 aliphatic heterocycles. The van der Waals surface area contributed by atoms with Crippen LogP contribution in [0.5, 0.6) is 0 Å². The molecular formula is C14H19N3O3S2. The van der Waals surface area contributed by atoms with Crippen LogP contribution in [-0.2, 0) is 21.4 Å². The second-order valence-electron chi connectivity index (χ2n) is 4.97. The van der Waals surface area contributed by atoms with Crippen molar-refractivity contribution in [3.8, 4) is 0 Å². The Balaban J connectivity index is 2.66. The number of rotatable bonds is 5. The van der Waals surface area contributed by atoms with Gasteiger partial charge in [0.05, 0.1) is 15.1 Å². The van der Waals surface area contributed by atoms with E-state index in [1.165, 1.54) is 23.5 Å². The normalized spacial score (nSPS) is 13.0. The van der Waals surface area contributed by atoms with Crippen LogP contribution in [0.3, 0.4) is 0 Å². The topological polar surface area (TPSA) is 94.5 Å². The summed E-state index contributed by atoms with van der Waals surface area (Å²) in [6, 6.07) is 4.73. The van der Waals surface area contributed by atoms with Crippen molar-refractivity contribution in [1.82, 2.24) is 4.57 Å². The molecule has 0 fully saturated rings. The summed E-state index contributed by atoms with van der Waals surface area (Å²) in [6.07, 6.45) is 2.04. The molecule has 8 heteroatoms. The van der Waals surface area contributed by atoms with Crippen LogP contribution < -0.4 is 9.94 Å². The van der Waals surface area contributed by atoms with E-state index >= 15 is 0 Å². The van der Waals surface area contributed by atoms with Gasteiger partial charge in [-0.3, -0.25) is 4.79 Å². The predicted molar refractivity (Wildman–Crippen MR) is 87.0 cm³/mol. The van der Waals surface area contributed by atoms with Gasteiger partial charge < -0.3 is 4.57 Å². The second kappa shape index (κ2) is 6.72. The lowest BCUT2D eigenvalue weighted by Crippen LogP contribution is -2.16. The van der Waals surface area contributed by atoms with Crippen molar-refractivity contribution in [2.75, 3.05) is 0 Å². The molecule has 1 amide bonds. The monoisotopic (exact) mass is 341 g/mol. The maximum atomic E-state index is 11.8. The van der Waals surface area contributed by atoms with Crippen molar-refractivity contribution in [3.63, 3.8) is 0 Å². The van der Waals surface area contributed by atoms with Crippen molar-refractivity contribution >= 4 is 37.5 Å². The van der Waals surface area contributed by atoms with E-state index in [-0.39, 0.29) is 10.8 Å². The van der Waals surface area contributed by atoms with E-state index in [4.69, 9.17) is 5.14 Å². The van der Waals surface area contributed by atoms with E-state index < -0.39 is 10.0 Å². The molecule has 0 saturated heterocycles. The number of primary sulfonamides is 1. The van der Waals surface area contributed by atoms with Crippen LogP contribution in [0.25, 0.3) is 10.2 Å². The van der Waals surface area contributed by atoms with E-state index in [0.29, 0.717) is 17.8 Å². The average molecular weight is 341 g/mol. The molecule has 1 heterocycles. The smallest absolute Gasteiger partial charge is 0.248 e. The van der Waals surface area contributed by atoms with E-state index in [0.717, 1.165) is 23.1 Å². The second-order valence-corrected chi connectivity index (χ2v) is 7.54. The van der Waals surface area contributed by atoms with Gasteiger partial charge in [0, 0.05) is 13.0 Å². The molecule has 0 bridgehead atoms. The van der Waals surface area contributed by atoms with Crippen molar-refractivity contribution in [2.24, 2.45) is 10.1 Å². The Kier molecular flexibility index (Phi) is 5.15. The lowest BCUT2D eigenvalue weighted by Gasteiger charge is -2.03. The summed E-state index contributed by atoms with van der Waals surface area (Å²) in [5, 5.41) is 5.16. The van der Waals surface area contributed by atoms with Gasteiger partial charge in [-0.1, -0.05) is 25.2 Å². The fourth-order valence-electron chi connectivity index (χ4n) is 2.13. The first kappa shape index (κ1) is 16.9. The molecule has 0 aliphatic carbocycles. The molecule has 0 atom stereocenters. The third kappa shape index (κ3) is 3.63. The van der Waals surface area contributed by atoms with Gasteiger partial charge in [-0.25, -0.2) is 13.6 Å². The summed E-state index contributed by atoms with van der Waals surface area (Å²) in [6.45, 7) is 4.68. The van der Waals surface area contributed by atoms with E-state index in [1.54, 1.807) is 6.07 Å². The first-order valence-electron chi connectivity index (χ1n) is 7.10. The van der Waals surface area contributed by atoms with Gasteiger partial charge in [-0.15, -0.1) is 0 Å². The predicted octanol–water partition coefficient (Wildman–Crippen LogP) is 1.99. The van der Waals surface area contributed by atoms with E-state index in [1.807, 2.05) is 18.4 Å². The average Bonchev–Trinajstić information content (AvgIpc) is 2.75. The number of nitrogens with two attached hydrogens (primary N) is 1. The number of sulfonamides is 1. The first-order valence-corrected chi connectivity index (χ1v) is 9.46. The molecule has 22 heavy (non-hydrogen) atoms. The van der Waals surface area contributed by atoms with Crippen molar-refractivity contribution in [3.05, 3.63) is 23.0 Å². The Morgan fingerprint density at radius 3 is 2.64 bits per heavy atom. The Morgan fingerprint density at radius 1 is 1.32 bits per heavy atom. The van der Waals surface area contributed by atoms with Crippen molar-refractivity contribution in [1.29, 1.82) is 0 Å². The number of benzene rings is 1. The lowest BCUT2D eigenvalue weighted by molar-refractivity contribution is -0.118. The summed E-state index contributed by atoms with van der Waals surface area (Å²) in [5.74, 6) is -0.162. The van der Waals surface area contributed by atoms with Gasteiger partial charge in [-0.05, 0) is 31.0 Å². The third-order valence-corrected chi connectivity index (χ3v) is 5.07. The van der Waals surface area contributed by atoms with Gasteiger partial charge in [-0.2, -0.15) is 4.99 Å². The van der Waals surface area contributed by atoms with Crippen LogP contribution in [-0.4, -0.2) is 18.9 Å². The summed E-state index contributed by atoms with van der Waals surface area (Å²) < 4.78 is 25.6. The molecule has 2 aromatic rings. The highest BCUT2D eigenvalue weighted by atomic mass is 32.2. The maximum Gasteiger partial charge on any atom is 0.248 e. The van der Waals surface area contributed by atoms with Gasteiger partial charge in [0.15, 0.2) is 4.80 Å². The summed E-state index contributed by atoms with van der Waals surface area (Å²) in [5.41, 5.74) is 0.863. The molecule has 6 nitrogen and oxygen atoms in total. The fourth-order valence-corrected chi connectivity index (χ4v) is 3.86. The quantitative estimate of drug-likeness (QED) is 0.901. The highest BCUT2D eigenvalue weighted by Gasteiger charge is 2.12. The zero-order chi connectivity index (χ0) is 16.3. The van der Waals surface area contributed by atoms with Crippen molar-refractivity contribution in [2.45, 2.75) is 44.6 Å². The van der Waals surface area contributed by atoms with Crippen LogP contribution >= 0.6 is 11.3 Å². The van der Waals surface area contributed by atoms with E-state index in [2.05, 4.69) is 4.99 Å². The lowest BCUT2D eigenvalue weighted by atomic mass is 10.3. The molecule has 0 unspecified atom stereocenters. The highest BCUT2D eigenvalue weighted by Crippen LogP contribution is 2.21. The minimum absolute atomic E-state index is 0.0660. The molecule has 1 aromatic carbocycles. The highest BCUT2D eigenvalue weighted by molar-refractivity contribution is 7.89. The zero-order valence-corrected chi connectivity index (χ0v) is 14.2. The van der Waals surface area contributed by atoms with Crippen molar-refractivity contribution < 1.29 is 13.2 Å². The fraction of sp³-hybridized carbons (Fsp3) is 0.429. The number of amides is 1. The maximum absolute atomic E-state index is 11.8. The van der Waals surface area contributed by atoms with Gasteiger partial charge in [0.25, 0.3) is 0 Å². The van der Waals surface area contributed by atoms with Gasteiger partial charge in [0.2, 0.25) is 15.9 Å². The molecule has 0 saturated carbocycles. The van der Waals surface area contributed by atoms with Crippen LogP contribution in [0, 0.1) is 0 Å². The minimum Gasteiger partial charge on any atom is -0.316 e. The van der Waals surface area contributed by atoms with Crippen LogP contribution in [0.2, 0.25) is 0 Å². The minimum atomic E-state index is -3.74. The molecule has 2 N–H and O–H groups in total. The van der Waals surface area contributed by atoms with Crippen LogP contribution in [0.15, 0.2) is 28.1 Å². The SMILES string of the molecule is CCCC(=O)N=c1sc2cc(S(N)(=O)=O)ccc2n1CCC. The zero-order valence-electron chi connectivity index (χ0n) is 12.6. The number of fused-ring (bicyclic) bond motifs is 1. The van der Waals surface area contributed by atoms with Gasteiger partial charge in [0.1, 0.15) is 0 Å². The Morgan fingerprint density at radius 2 is 2.05 bits per heavy atom. The largest absolute Gasteiger partial charge is 0.316 e. The number of carbonyl (C=O) groups excluding carboxylic acids is 1. The summed E-state index contributed by atoms with van der Waals surface area (Å²) >= 11 is 1.30. The Bertz CT molecular complexity index is 863. The van der Waals surface area contributed by atoms with Gasteiger partial charge >= 0.3 is 0 Å².